The van der Waals surface area contributed by atoms with Gasteiger partial charge in [-0.05, 0) is 26.8 Å². The summed E-state index contributed by atoms with van der Waals surface area (Å²) in [6.45, 7) is 5.54. The molecule has 1 aromatic heterocycles. The first-order valence-electron chi connectivity index (χ1n) is 5.85. The summed E-state index contributed by atoms with van der Waals surface area (Å²) in [5.41, 5.74) is 1.49. The number of carbonyl (C=O) groups is 1. The number of aliphatic carboxylic acids is 1. The van der Waals surface area contributed by atoms with Gasteiger partial charge in [-0.2, -0.15) is 0 Å². The van der Waals surface area contributed by atoms with Crippen LogP contribution in [0.1, 0.15) is 19.5 Å². The van der Waals surface area contributed by atoms with Crippen LogP contribution in [0.25, 0.3) is 10.9 Å². The summed E-state index contributed by atoms with van der Waals surface area (Å²) in [6.07, 6.45) is 0. The highest BCUT2D eigenvalue weighted by atomic mass is 32.2. The summed E-state index contributed by atoms with van der Waals surface area (Å²) in [5.74, 6) is -0.196. The number of aromatic nitrogens is 1. The quantitative estimate of drug-likeness (QED) is 0.827. The van der Waals surface area contributed by atoms with E-state index in [4.69, 9.17) is 5.11 Å². The Morgan fingerprint density at radius 1 is 1.39 bits per heavy atom. The Kier molecular flexibility index (Phi) is 3.39. The molecular weight excluding hydrogens is 246 g/mol. The second-order valence-corrected chi connectivity index (χ2v) is 6.09. The van der Waals surface area contributed by atoms with E-state index in [1.54, 1.807) is 25.6 Å². The second-order valence-electron chi connectivity index (χ2n) is 5.10. The molecule has 0 saturated carbocycles. The maximum Gasteiger partial charge on any atom is 0.309 e. The van der Waals surface area contributed by atoms with Crippen molar-refractivity contribution in [3.63, 3.8) is 0 Å². The molecule has 0 bridgehead atoms. The third kappa shape index (κ3) is 2.38. The molecule has 3 nitrogen and oxygen atoms in total. The summed E-state index contributed by atoms with van der Waals surface area (Å²) in [5, 5.41) is 10.3. The first kappa shape index (κ1) is 13.0. The number of nitrogens with one attached hydrogen (secondary N) is 1. The fourth-order valence-corrected chi connectivity index (χ4v) is 2.98. The Morgan fingerprint density at radius 2 is 2.06 bits per heavy atom. The van der Waals surface area contributed by atoms with Crippen LogP contribution in [0.3, 0.4) is 0 Å². The monoisotopic (exact) mass is 263 g/mol. The van der Waals surface area contributed by atoms with Gasteiger partial charge in [0.25, 0.3) is 0 Å². The molecule has 2 rings (SSSR count). The van der Waals surface area contributed by atoms with Crippen LogP contribution in [-0.2, 0) is 4.79 Å². The third-order valence-corrected chi connectivity index (χ3v) is 4.67. The van der Waals surface area contributed by atoms with Gasteiger partial charge < -0.3 is 10.1 Å². The zero-order valence-corrected chi connectivity index (χ0v) is 11.6. The van der Waals surface area contributed by atoms with Crippen molar-refractivity contribution in [3.05, 3.63) is 30.0 Å². The van der Waals surface area contributed by atoms with Crippen LogP contribution in [0.15, 0.2) is 29.2 Å². The Labute approximate surface area is 111 Å². The molecule has 0 spiro atoms. The van der Waals surface area contributed by atoms with Crippen molar-refractivity contribution in [3.8, 4) is 0 Å². The lowest BCUT2D eigenvalue weighted by Gasteiger charge is -2.18. The van der Waals surface area contributed by atoms with Crippen LogP contribution in [0.4, 0.5) is 0 Å². The minimum Gasteiger partial charge on any atom is -0.481 e. The van der Waals surface area contributed by atoms with Crippen LogP contribution >= 0.6 is 11.8 Å². The number of benzene rings is 1. The molecule has 0 unspecified atom stereocenters. The van der Waals surface area contributed by atoms with Crippen molar-refractivity contribution >= 4 is 28.6 Å². The first-order valence-corrected chi connectivity index (χ1v) is 6.84. The normalized spacial score (nSPS) is 11.9. The van der Waals surface area contributed by atoms with Gasteiger partial charge >= 0.3 is 5.97 Å². The lowest BCUT2D eigenvalue weighted by Crippen LogP contribution is -2.26. The van der Waals surface area contributed by atoms with E-state index in [0.717, 1.165) is 16.1 Å². The van der Waals surface area contributed by atoms with Gasteiger partial charge in [-0.3, -0.25) is 4.79 Å². The average Bonchev–Trinajstić information content (AvgIpc) is 2.62. The van der Waals surface area contributed by atoms with Gasteiger partial charge in [0.15, 0.2) is 0 Å². The van der Waals surface area contributed by atoms with Crippen molar-refractivity contribution < 1.29 is 9.90 Å². The van der Waals surface area contributed by atoms with E-state index >= 15 is 0 Å². The number of fused-ring (bicyclic) bond motifs is 1. The van der Waals surface area contributed by atoms with Gasteiger partial charge in [0.1, 0.15) is 0 Å². The Balaban J connectivity index is 2.27. The molecule has 0 aliphatic carbocycles. The van der Waals surface area contributed by atoms with E-state index in [2.05, 4.69) is 11.1 Å². The number of hydrogen-bond acceptors (Lipinski definition) is 2. The minimum atomic E-state index is -0.757. The fourth-order valence-electron chi connectivity index (χ4n) is 1.75. The number of para-hydroxylation sites is 1. The van der Waals surface area contributed by atoms with Crippen LogP contribution < -0.4 is 0 Å². The molecule has 18 heavy (non-hydrogen) atoms. The van der Waals surface area contributed by atoms with Crippen molar-refractivity contribution in [1.82, 2.24) is 4.98 Å². The molecule has 0 amide bonds. The molecule has 0 saturated heterocycles. The minimum absolute atomic E-state index is 0.561. The summed E-state index contributed by atoms with van der Waals surface area (Å²) >= 11 is 1.61. The highest BCUT2D eigenvalue weighted by molar-refractivity contribution is 7.99. The molecule has 0 aliphatic heterocycles. The Bertz CT molecular complexity index is 586. The molecule has 4 heteroatoms. The number of aromatic amines is 1. The number of thioether (sulfide) groups is 1. The average molecular weight is 263 g/mol. The van der Waals surface area contributed by atoms with Crippen molar-refractivity contribution in [2.24, 2.45) is 5.41 Å². The summed E-state index contributed by atoms with van der Waals surface area (Å²) in [4.78, 5) is 15.6. The SMILES string of the molecule is Cc1[nH]c2ccccc2c1SCC(C)(C)C(=O)O. The van der Waals surface area contributed by atoms with E-state index in [1.165, 1.54) is 5.39 Å². The molecule has 2 N–H and O–H groups in total. The number of hydrogen-bond donors (Lipinski definition) is 2. The van der Waals surface area contributed by atoms with Crippen molar-refractivity contribution in [1.29, 1.82) is 0 Å². The van der Waals surface area contributed by atoms with Gasteiger partial charge in [0, 0.05) is 27.2 Å². The van der Waals surface area contributed by atoms with Crippen molar-refractivity contribution in [2.75, 3.05) is 5.75 Å². The topological polar surface area (TPSA) is 53.1 Å². The summed E-state index contributed by atoms with van der Waals surface area (Å²) in [6, 6.07) is 8.10. The summed E-state index contributed by atoms with van der Waals surface area (Å²) < 4.78 is 0. The number of aryl methyl sites for hydroxylation is 1. The van der Waals surface area contributed by atoms with Gasteiger partial charge in [0.05, 0.1) is 5.41 Å². The molecule has 0 radical (unpaired) electrons. The van der Waals surface area contributed by atoms with Crippen LogP contribution in [0.5, 0.6) is 0 Å². The highest BCUT2D eigenvalue weighted by Crippen LogP contribution is 2.35. The smallest absolute Gasteiger partial charge is 0.309 e. The van der Waals surface area contributed by atoms with E-state index < -0.39 is 11.4 Å². The molecule has 1 aromatic carbocycles. The van der Waals surface area contributed by atoms with Gasteiger partial charge in [-0.1, -0.05) is 18.2 Å². The van der Waals surface area contributed by atoms with E-state index in [-0.39, 0.29) is 0 Å². The molecule has 96 valence electrons. The zero-order valence-electron chi connectivity index (χ0n) is 10.8. The molecular formula is C14H17NO2S. The van der Waals surface area contributed by atoms with Crippen LogP contribution in [-0.4, -0.2) is 21.8 Å². The van der Waals surface area contributed by atoms with E-state index in [0.29, 0.717) is 5.75 Å². The largest absolute Gasteiger partial charge is 0.481 e. The molecule has 0 aliphatic rings. The number of rotatable bonds is 4. The van der Waals surface area contributed by atoms with Gasteiger partial charge in [-0.25, -0.2) is 0 Å². The summed E-state index contributed by atoms with van der Waals surface area (Å²) in [7, 11) is 0. The number of H-pyrrole nitrogens is 1. The fraction of sp³-hybridized carbons (Fsp3) is 0.357. The lowest BCUT2D eigenvalue weighted by atomic mass is 9.97. The maximum atomic E-state index is 11.1. The predicted molar refractivity (Wildman–Crippen MR) is 75.2 cm³/mol. The van der Waals surface area contributed by atoms with Crippen LogP contribution in [0, 0.1) is 12.3 Å². The first-order chi connectivity index (χ1) is 8.42. The van der Waals surface area contributed by atoms with Gasteiger partial charge in [-0.15, -0.1) is 11.8 Å². The molecule has 0 atom stereocenters. The predicted octanol–water partition coefficient (Wildman–Crippen LogP) is 3.68. The second kappa shape index (κ2) is 4.69. The standard InChI is InChI=1S/C14H17NO2S/c1-9-12(18-8-14(2,3)13(16)17)10-6-4-5-7-11(10)15-9/h4-7,15H,8H2,1-3H3,(H,16,17). The third-order valence-electron chi connectivity index (χ3n) is 2.99. The van der Waals surface area contributed by atoms with E-state index in [1.807, 2.05) is 25.1 Å². The van der Waals surface area contributed by atoms with Crippen molar-refractivity contribution in [2.45, 2.75) is 25.7 Å². The van der Waals surface area contributed by atoms with E-state index in [9.17, 15) is 4.79 Å². The molecule has 1 heterocycles. The maximum absolute atomic E-state index is 11.1. The Morgan fingerprint density at radius 3 is 2.72 bits per heavy atom. The highest BCUT2D eigenvalue weighted by Gasteiger charge is 2.27. The molecule has 2 aromatic rings. The Hall–Kier alpha value is -1.42. The zero-order chi connectivity index (χ0) is 13.3. The number of carboxylic acids is 1. The molecule has 0 fully saturated rings. The van der Waals surface area contributed by atoms with Crippen LogP contribution in [0.2, 0.25) is 0 Å². The lowest BCUT2D eigenvalue weighted by molar-refractivity contribution is -0.145. The van der Waals surface area contributed by atoms with Gasteiger partial charge in [0.2, 0.25) is 0 Å². The number of carboxylic acid groups (broad SMARTS) is 1.